The van der Waals surface area contributed by atoms with Gasteiger partial charge in [0.1, 0.15) is 11.7 Å². The normalized spacial score (nSPS) is 23.2. The molecule has 2 aliphatic rings. The van der Waals surface area contributed by atoms with Gasteiger partial charge in [-0.05, 0) is 54.1 Å². The van der Waals surface area contributed by atoms with Gasteiger partial charge in [0.05, 0.1) is 17.4 Å². The number of imide groups is 1. The van der Waals surface area contributed by atoms with Crippen molar-refractivity contribution in [1.82, 2.24) is 0 Å². The van der Waals surface area contributed by atoms with Crippen molar-refractivity contribution in [2.75, 3.05) is 9.96 Å². The number of para-hydroxylation sites is 1. The zero-order chi connectivity index (χ0) is 20.8. The number of fused-ring (bicyclic) bond motifs is 1. The molecule has 3 aromatic rings. The number of nitrogens with zero attached hydrogens (tertiary/aromatic N) is 2. The number of hydrogen-bond acceptors (Lipinski definition) is 4. The average Bonchev–Trinajstić information content (AvgIpc) is 3.27. The van der Waals surface area contributed by atoms with Gasteiger partial charge < -0.3 is 0 Å². The number of carbonyl (C=O) groups is 2. The van der Waals surface area contributed by atoms with Gasteiger partial charge in [-0.2, -0.15) is 0 Å². The van der Waals surface area contributed by atoms with Gasteiger partial charge in [0.25, 0.3) is 5.91 Å². The van der Waals surface area contributed by atoms with Crippen molar-refractivity contribution < 1.29 is 18.8 Å². The van der Waals surface area contributed by atoms with Crippen LogP contribution in [0.1, 0.15) is 11.6 Å². The van der Waals surface area contributed by atoms with E-state index in [9.17, 15) is 14.0 Å². The van der Waals surface area contributed by atoms with E-state index in [0.29, 0.717) is 5.69 Å². The summed E-state index contributed by atoms with van der Waals surface area (Å²) in [6, 6.07) is 21.8. The van der Waals surface area contributed by atoms with Crippen molar-refractivity contribution in [3.8, 4) is 0 Å². The van der Waals surface area contributed by atoms with Crippen molar-refractivity contribution in [3.05, 3.63) is 94.7 Å². The van der Waals surface area contributed by atoms with Crippen LogP contribution in [0.2, 0.25) is 0 Å². The van der Waals surface area contributed by atoms with E-state index < -0.39 is 29.8 Å². The summed E-state index contributed by atoms with van der Waals surface area (Å²) in [5.41, 5.74) is 1.95. The molecule has 3 atom stereocenters. The molecular weight excluding hydrogens is 451 g/mol. The van der Waals surface area contributed by atoms with Gasteiger partial charge in [0.2, 0.25) is 5.91 Å². The van der Waals surface area contributed by atoms with Crippen LogP contribution in [0.3, 0.4) is 0 Å². The maximum absolute atomic E-state index is 13.4. The molecule has 7 heteroatoms. The molecule has 0 bridgehead atoms. The van der Waals surface area contributed by atoms with Crippen molar-refractivity contribution in [3.63, 3.8) is 0 Å². The Hall–Kier alpha value is -3.03. The highest BCUT2D eigenvalue weighted by Crippen LogP contribution is 2.47. The van der Waals surface area contributed by atoms with Gasteiger partial charge in [-0.15, -0.1) is 0 Å². The van der Waals surface area contributed by atoms with Crippen molar-refractivity contribution in [2.24, 2.45) is 5.92 Å². The monoisotopic (exact) mass is 466 g/mol. The molecule has 0 spiro atoms. The number of hydrogen-bond donors (Lipinski definition) is 0. The highest BCUT2D eigenvalue weighted by Gasteiger charge is 2.60. The first kappa shape index (κ1) is 19.0. The van der Waals surface area contributed by atoms with Crippen LogP contribution in [0.4, 0.5) is 15.8 Å². The lowest BCUT2D eigenvalue weighted by atomic mass is 9.90. The van der Waals surface area contributed by atoms with E-state index in [1.807, 2.05) is 54.6 Å². The molecule has 0 aliphatic carbocycles. The van der Waals surface area contributed by atoms with Crippen molar-refractivity contribution in [2.45, 2.75) is 12.1 Å². The molecule has 3 unspecified atom stereocenters. The molecule has 0 N–H and O–H groups in total. The molecule has 3 aromatic carbocycles. The summed E-state index contributed by atoms with van der Waals surface area (Å²) in [4.78, 5) is 33.7. The Bertz CT molecular complexity index is 1110. The lowest BCUT2D eigenvalue weighted by Gasteiger charge is -2.28. The molecular formula is C23H16BrFN2O3. The Kier molecular flexibility index (Phi) is 4.64. The number of carbonyl (C=O) groups excluding carboxylic acids is 2. The predicted molar refractivity (Wildman–Crippen MR) is 113 cm³/mol. The predicted octanol–water partition coefficient (Wildman–Crippen LogP) is 4.64. The Balaban J connectivity index is 1.58. The van der Waals surface area contributed by atoms with Crippen LogP contribution in [0.5, 0.6) is 0 Å². The Morgan fingerprint density at radius 1 is 0.800 bits per heavy atom. The van der Waals surface area contributed by atoms with E-state index in [0.717, 1.165) is 20.6 Å². The van der Waals surface area contributed by atoms with Crippen LogP contribution < -0.4 is 9.96 Å². The van der Waals surface area contributed by atoms with Crippen LogP contribution >= 0.6 is 15.9 Å². The van der Waals surface area contributed by atoms with E-state index >= 15 is 0 Å². The van der Waals surface area contributed by atoms with E-state index in [1.165, 1.54) is 24.3 Å². The summed E-state index contributed by atoms with van der Waals surface area (Å²) in [5, 5.41) is 1.65. The van der Waals surface area contributed by atoms with E-state index in [1.54, 1.807) is 5.06 Å². The van der Waals surface area contributed by atoms with Crippen LogP contribution in [0.15, 0.2) is 83.3 Å². The largest absolute Gasteiger partial charge is 0.273 e. The molecule has 2 fully saturated rings. The molecule has 0 saturated carbocycles. The molecule has 5 rings (SSSR count). The summed E-state index contributed by atoms with van der Waals surface area (Å²) >= 11 is 3.43. The Morgan fingerprint density at radius 3 is 2.13 bits per heavy atom. The summed E-state index contributed by atoms with van der Waals surface area (Å²) in [7, 11) is 0. The number of benzene rings is 3. The second-order valence-corrected chi connectivity index (χ2v) is 8.11. The van der Waals surface area contributed by atoms with Gasteiger partial charge in [0, 0.05) is 4.47 Å². The number of anilines is 2. The third-order valence-electron chi connectivity index (χ3n) is 5.42. The average molecular weight is 467 g/mol. The van der Waals surface area contributed by atoms with Gasteiger partial charge in [0.15, 0.2) is 6.10 Å². The fraction of sp³-hybridized carbons (Fsp3) is 0.130. The van der Waals surface area contributed by atoms with Gasteiger partial charge in [-0.1, -0.05) is 46.3 Å². The first-order valence-electron chi connectivity index (χ1n) is 9.44. The minimum atomic E-state index is -0.948. The first-order valence-corrected chi connectivity index (χ1v) is 10.2. The number of hydroxylamine groups is 1. The third kappa shape index (κ3) is 3.02. The highest BCUT2D eigenvalue weighted by atomic mass is 79.9. The standard InChI is InChI=1S/C23H16BrFN2O3/c24-15-8-6-14(7-9-15)20-19-21(30-27(20)18-4-2-1-3-5-18)23(29)26(22(19)28)17-12-10-16(25)11-13-17/h1-13,19-21H. The van der Waals surface area contributed by atoms with Gasteiger partial charge >= 0.3 is 0 Å². The third-order valence-corrected chi connectivity index (χ3v) is 5.95. The lowest BCUT2D eigenvalue weighted by molar-refractivity contribution is -0.126. The molecule has 0 radical (unpaired) electrons. The summed E-state index contributed by atoms with van der Waals surface area (Å²) in [6.07, 6.45) is -0.948. The topological polar surface area (TPSA) is 49.9 Å². The highest BCUT2D eigenvalue weighted by molar-refractivity contribution is 9.10. The zero-order valence-electron chi connectivity index (χ0n) is 15.6. The fourth-order valence-corrected chi connectivity index (χ4v) is 4.32. The fourth-order valence-electron chi connectivity index (χ4n) is 4.06. The van der Waals surface area contributed by atoms with E-state index in [2.05, 4.69) is 15.9 Å². The lowest BCUT2D eigenvalue weighted by Crippen LogP contribution is -2.37. The molecule has 2 amide bonds. The van der Waals surface area contributed by atoms with Crippen LogP contribution in [-0.2, 0) is 14.4 Å². The maximum Gasteiger partial charge on any atom is 0.266 e. The number of rotatable bonds is 3. The maximum atomic E-state index is 13.4. The SMILES string of the molecule is O=C1C2ON(c3ccccc3)C(c3ccc(Br)cc3)C2C(=O)N1c1ccc(F)cc1. The number of halogens is 2. The van der Waals surface area contributed by atoms with Gasteiger partial charge in [-0.3, -0.25) is 14.4 Å². The van der Waals surface area contributed by atoms with Crippen molar-refractivity contribution >= 4 is 39.1 Å². The smallest absolute Gasteiger partial charge is 0.266 e. The first-order chi connectivity index (χ1) is 14.5. The summed E-state index contributed by atoms with van der Waals surface area (Å²) < 4.78 is 14.2. The second kappa shape index (κ2) is 7.34. The van der Waals surface area contributed by atoms with Gasteiger partial charge in [-0.25, -0.2) is 14.4 Å². The number of amides is 2. The second-order valence-electron chi connectivity index (χ2n) is 7.20. The van der Waals surface area contributed by atoms with E-state index in [4.69, 9.17) is 4.84 Å². The molecule has 2 saturated heterocycles. The Labute approximate surface area is 180 Å². The van der Waals surface area contributed by atoms with Crippen molar-refractivity contribution in [1.29, 1.82) is 0 Å². The minimum absolute atomic E-state index is 0.338. The van der Waals surface area contributed by atoms with E-state index in [-0.39, 0.29) is 5.91 Å². The molecule has 5 nitrogen and oxygen atoms in total. The van der Waals surface area contributed by atoms with Crippen LogP contribution in [0, 0.1) is 11.7 Å². The molecule has 0 aromatic heterocycles. The molecule has 2 heterocycles. The Morgan fingerprint density at radius 2 is 1.47 bits per heavy atom. The molecule has 2 aliphatic heterocycles. The summed E-state index contributed by atoms with van der Waals surface area (Å²) in [6.45, 7) is 0. The molecule has 30 heavy (non-hydrogen) atoms. The van der Waals surface area contributed by atoms with Crippen LogP contribution in [0.25, 0.3) is 0 Å². The minimum Gasteiger partial charge on any atom is -0.273 e. The quantitative estimate of drug-likeness (QED) is 0.527. The zero-order valence-corrected chi connectivity index (χ0v) is 17.2. The molecule has 150 valence electrons. The summed E-state index contributed by atoms with van der Waals surface area (Å²) in [5.74, 6) is -1.96. The van der Waals surface area contributed by atoms with Crippen LogP contribution in [-0.4, -0.2) is 17.9 Å².